The van der Waals surface area contributed by atoms with E-state index >= 15 is 0 Å². The van der Waals surface area contributed by atoms with Gasteiger partial charge in [-0.15, -0.1) is 0 Å². The monoisotopic (exact) mass is 404 g/mol. The van der Waals surface area contributed by atoms with E-state index in [1.54, 1.807) is 0 Å². The maximum absolute atomic E-state index is 13.6. The predicted molar refractivity (Wildman–Crippen MR) is 107 cm³/mol. The summed E-state index contributed by atoms with van der Waals surface area (Å²) in [4.78, 5) is 36.8. The van der Waals surface area contributed by atoms with Crippen molar-refractivity contribution in [3.8, 4) is 0 Å². The Morgan fingerprint density at radius 2 is 1.86 bits per heavy atom. The Hall–Kier alpha value is -1.52. The van der Waals surface area contributed by atoms with Gasteiger partial charge in [0.05, 0.1) is 0 Å². The van der Waals surface area contributed by atoms with Crippen molar-refractivity contribution in [3.63, 3.8) is 0 Å². The third kappa shape index (κ3) is 2.71. The van der Waals surface area contributed by atoms with Crippen LogP contribution in [0.4, 0.5) is 4.39 Å². The molecule has 3 fully saturated rings. The number of ether oxygens (including phenoxy) is 1. The number of esters is 1. The van der Waals surface area contributed by atoms with Crippen molar-refractivity contribution < 1.29 is 23.5 Å². The normalized spacial score (nSPS) is 46.2. The molecule has 4 rings (SSSR count). The first-order valence-corrected chi connectivity index (χ1v) is 11.1. The van der Waals surface area contributed by atoms with E-state index in [1.807, 2.05) is 6.08 Å². The van der Waals surface area contributed by atoms with Gasteiger partial charge < -0.3 is 4.74 Å². The van der Waals surface area contributed by atoms with Crippen molar-refractivity contribution in [1.29, 1.82) is 0 Å². The number of hydrogen-bond acceptors (Lipinski definition) is 4. The first kappa shape index (κ1) is 20.7. The van der Waals surface area contributed by atoms with Gasteiger partial charge in [0.2, 0.25) is 5.78 Å². The van der Waals surface area contributed by atoms with E-state index in [1.165, 1.54) is 12.5 Å². The Morgan fingerprint density at radius 1 is 1.17 bits per heavy atom. The lowest BCUT2D eigenvalue weighted by Crippen LogP contribution is -2.60. The molecule has 0 aliphatic heterocycles. The van der Waals surface area contributed by atoms with Gasteiger partial charge in [-0.05, 0) is 73.7 Å². The summed E-state index contributed by atoms with van der Waals surface area (Å²) in [6.45, 7) is 6.82. The molecule has 0 radical (unpaired) electrons. The minimum absolute atomic E-state index is 0.0222. The van der Waals surface area contributed by atoms with Crippen LogP contribution in [0.3, 0.4) is 0 Å². The number of carbonyl (C=O) groups excluding carboxylic acids is 3. The molecule has 4 nitrogen and oxygen atoms in total. The Balaban J connectivity index is 1.74. The van der Waals surface area contributed by atoms with Gasteiger partial charge in [0, 0.05) is 18.8 Å². The molecule has 0 spiro atoms. The number of Topliss-reactive ketones (excluding diaryl/α,β-unsaturated/α-hetero) is 1. The van der Waals surface area contributed by atoms with Gasteiger partial charge in [0.1, 0.15) is 0 Å². The summed E-state index contributed by atoms with van der Waals surface area (Å²) in [6.07, 6.45) is 7.28. The first-order chi connectivity index (χ1) is 13.6. The number of rotatable bonds is 3. The molecular weight excluding hydrogens is 371 g/mol. The van der Waals surface area contributed by atoms with Crippen LogP contribution in [-0.2, 0) is 19.1 Å². The fraction of sp³-hybridized carbons (Fsp3) is 0.792. The topological polar surface area (TPSA) is 60.4 Å². The van der Waals surface area contributed by atoms with Crippen molar-refractivity contribution in [3.05, 3.63) is 11.6 Å². The predicted octanol–water partition coefficient (Wildman–Crippen LogP) is 4.60. The fourth-order valence-corrected chi connectivity index (χ4v) is 8.02. The van der Waals surface area contributed by atoms with E-state index in [4.69, 9.17) is 4.74 Å². The summed E-state index contributed by atoms with van der Waals surface area (Å²) >= 11 is 0. The molecule has 0 saturated heterocycles. The number of alkyl halides is 1. The van der Waals surface area contributed by atoms with Crippen molar-refractivity contribution >= 4 is 17.5 Å². The summed E-state index contributed by atoms with van der Waals surface area (Å²) < 4.78 is 19.3. The Morgan fingerprint density at radius 3 is 2.52 bits per heavy atom. The zero-order chi connectivity index (χ0) is 21.2. The van der Waals surface area contributed by atoms with E-state index in [2.05, 4.69) is 20.8 Å². The molecule has 0 aromatic carbocycles. The number of allylic oxidation sites excluding steroid dienone is 1. The highest BCUT2D eigenvalue weighted by atomic mass is 19.1. The van der Waals surface area contributed by atoms with Crippen LogP contribution in [0.5, 0.6) is 0 Å². The molecule has 0 amide bonds. The molecule has 4 aliphatic rings. The second-order valence-corrected chi connectivity index (χ2v) is 10.5. The van der Waals surface area contributed by atoms with Gasteiger partial charge in [-0.1, -0.05) is 26.3 Å². The van der Waals surface area contributed by atoms with Crippen LogP contribution < -0.4 is 0 Å². The standard InChI is InChI=1S/C24H33FO4/c1-14-11-17-18(22(3)8-5-16(27)12-20(14)22)6-9-23(4)19(17)7-10-24(23,21(28)13-25)29-15(2)26/h12,14,17-19H,5-11,13H2,1-4H3/t14?,17-,18-,19-,22+,23-,24+/m0/s1. The van der Waals surface area contributed by atoms with Gasteiger partial charge >= 0.3 is 5.97 Å². The van der Waals surface area contributed by atoms with Gasteiger partial charge in [-0.3, -0.25) is 14.4 Å². The van der Waals surface area contributed by atoms with E-state index in [0.29, 0.717) is 30.6 Å². The molecule has 0 aromatic heterocycles. The van der Waals surface area contributed by atoms with Crippen LogP contribution in [0.25, 0.3) is 0 Å². The van der Waals surface area contributed by atoms with E-state index in [9.17, 15) is 18.8 Å². The van der Waals surface area contributed by atoms with Gasteiger partial charge in [-0.2, -0.15) is 0 Å². The number of halogens is 1. The zero-order valence-corrected chi connectivity index (χ0v) is 18.1. The Kier molecular flexibility index (Phi) is 4.83. The van der Waals surface area contributed by atoms with Crippen LogP contribution >= 0.6 is 0 Å². The average Bonchev–Trinajstić information content (AvgIpc) is 2.95. The minimum atomic E-state index is -1.33. The van der Waals surface area contributed by atoms with Crippen LogP contribution in [0.1, 0.15) is 72.6 Å². The maximum Gasteiger partial charge on any atom is 0.303 e. The lowest BCUT2D eigenvalue weighted by molar-refractivity contribution is -0.189. The van der Waals surface area contributed by atoms with Crippen molar-refractivity contribution in [2.24, 2.45) is 34.5 Å². The highest BCUT2D eigenvalue weighted by molar-refractivity contribution is 5.92. The maximum atomic E-state index is 13.6. The van der Waals surface area contributed by atoms with Crippen LogP contribution in [0, 0.1) is 34.5 Å². The van der Waals surface area contributed by atoms with Crippen LogP contribution in [0.2, 0.25) is 0 Å². The molecule has 0 aromatic rings. The first-order valence-electron chi connectivity index (χ1n) is 11.1. The zero-order valence-electron chi connectivity index (χ0n) is 18.1. The fourth-order valence-electron chi connectivity index (χ4n) is 8.02. The van der Waals surface area contributed by atoms with Crippen molar-refractivity contribution in [2.45, 2.75) is 78.2 Å². The number of hydrogen-bond donors (Lipinski definition) is 0. The molecule has 7 atom stereocenters. The lowest BCUT2D eigenvalue weighted by atomic mass is 9.44. The van der Waals surface area contributed by atoms with Crippen LogP contribution in [-0.4, -0.2) is 29.8 Å². The molecule has 29 heavy (non-hydrogen) atoms. The summed E-state index contributed by atoms with van der Waals surface area (Å²) in [5.74, 6) is 0.592. The second kappa shape index (κ2) is 6.75. The smallest absolute Gasteiger partial charge is 0.303 e. The SMILES string of the molecule is CC(=O)O[C@@]1(C(=O)CF)CC[C@H]2[C@H]3CC(C)C4=CC(=O)CC[C@]4(C)[C@H]3CC[C@@]21C. The second-order valence-electron chi connectivity index (χ2n) is 10.5. The van der Waals surface area contributed by atoms with E-state index in [-0.39, 0.29) is 17.1 Å². The number of carbonyl (C=O) groups is 3. The van der Waals surface area contributed by atoms with Crippen LogP contribution in [0.15, 0.2) is 11.6 Å². The molecule has 4 aliphatic carbocycles. The number of fused-ring (bicyclic) bond motifs is 5. The summed E-state index contributed by atoms with van der Waals surface area (Å²) in [6, 6.07) is 0. The average molecular weight is 405 g/mol. The Bertz CT molecular complexity index is 788. The van der Waals surface area contributed by atoms with E-state index < -0.39 is 29.4 Å². The van der Waals surface area contributed by atoms with Crippen molar-refractivity contribution in [2.75, 3.05) is 6.67 Å². The highest BCUT2D eigenvalue weighted by Crippen LogP contribution is 2.69. The number of ketones is 2. The quantitative estimate of drug-likeness (QED) is 0.645. The minimum Gasteiger partial charge on any atom is -0.451 e. The van der Waals surface area contributed by atoms with Crippen molar-refractivity contribution in [1.82, 2.24) is 0 Å². The largest absolute Gasteiger partial charge is 0.451 e. The molecule has 160 valence electrons. The van der Waals surface area contributed by atoms with Gasteiger partial charge in [-0.25, -0.2) is 4.39 Å². The van der Waals surface area contributed by atoms with E-state index in [0.717, 1.165) is 32.1 Å². The lowest BCUT2D eigenvalue weighted by Gasteiger charge is -2.60. The third-order valence-electron chi connectivity index (χ3n) is 9.29. The Labute approximate surface area is 172 Å². The third-order valence-corrected chi connectivity index (χ3v) is 9.29. The summed E-state index contributed by atoms with van der Waals surface area (Å²) in [7, 11) is 0. The van der Waals surface area contributed by atoms with Gasteiger partial charge in [0.15, 0.2) is 18.1 Å². The molecule has 0 bridgehead atoms. The molecule has 5 heteroatoms. The molecule has 0 N–H and O–H groups in total. The molecule has 1 unspecified atom stereocenters. The molecular formula is C24H33FO4. The highest BCUT2D eigenvalue weighted by Gasteiger charge is 2.68. The van der Waals surface area contributed by atoms with Gasteiger partial charge in [0.25, 0.3) is 0 Å². The molecule has 0 heterocycles. The summed E-state index contributed by atoms with van der Waals surface area (Å²) in [5, 5.41) is 0. The molecule has 3 saturated carbocycles. The summed E-state index contributed by atoms with van der Waals surface area (Å²) in [5.41, 5.74) is -0.520.